The van der Waals surface area contributed by atoms with Crippen LogP contribution in [0.4, 0.5) is 0 Å². The van der Waals surface area contributed by atoms with Gasteiger partial charge in [-0.3, -0.25) is 4.79 Å². The number of rotatable bonds is 4. The molecule has 2 rings (SSSR count). The Morgan fingerprint density at radius 1 is 1.29 bits per heavy atom. The molecule has 2 N–H and O–H groups in total. The number of hydrogen-bond donors (Lipinski definition) is 2. The van der Waals surface area contributed by atoms with E-state index in [1.807, 2.05) is 0 Å². The third-order valence-electron chi connectivity index (χ3n) is 2.04. The summed E-state index contributed by atoms with van der Waals surface area (Å²) in [4.78, 5) is 22.8. The summed E-state index contributed by atoms with van der Waals surface area (Å²) in [6, 6.07) is 6.38. The fourth-order valence-electron chi connectivity index (χ4n) is 1.24. The molecule has 2 aromatic heterocycles. The van der Waals surface area contributed by atoms with E-state index in [2.05, 4.69) is 5.32 Å². The van der Waals surface area contributed by atoms with Crippen molar-refractivity contribution in [3.63, 3.8) is 0 Å². The number of furan rings is 1. The lowest BCUT2D eigenvalue weighted by atomic mass is 10.4. The van der Waals surface area contributed by atoms with Gasteiger partial charge < -0.3 is 14.8 Å². The molecule has 0 fully saturated rings. The summed E-state index contributed by atoms with van der Waals surface area (Å²) >= 11 is 0.944. The molecule has 6 heteroatoms. The molecule has 1 amide bonds. The zero-order chi connectivity index (χ0) is 12.3. The largest absolute Gasteiger partial charge is 0.477 e. The number of carboxylic acids is 1. The maximum atomic E-state index is 11.6. The SMILES string of the molecule is O=C(O)c1ccc(C(=O)NCc2ccco2)s1. The molecule has 0 aliphatic heterocycles. The van der Waals surface area contributed by atoms with Crippen LogP contribution in [0.3, 0.4) is 0 Å². The fourth-order valence-corrected chi connectivity index (χ4v) is 2.00. The minimum atomic E-state index is -1.03. The van der Waals surface area contributed by atoms with Gasteiger partial charge in [0.1, 0.15) is 10.6 Å². The molecular weight excluding hydrogens is 242 g/mol. The zero-order valence-electron chi connectivity index (χ0n) is 8.67. The molecule has 0 saturated heterocycles. The van der Waals surface area contributed by atoms with Crippen LogP contribution in [0.25, 0.3) is 0 Å². The average molecular weight is 251 g/mol. The van der Waals surface area contributed by atoms with E-state index in [1.54, 1.807) is 12.1 Å². The van der Waals surface area contributed by atoms with Gasteiger partial charge in [-0.15, -0.1) is 11.3 Å². The highest BCUT2D eigenvalue weighted by atomic mass is 32.1. The van der Waals surface area contributed by atoms with E-state index in [4.69, 9.17) is 9.52 Å². The van der Waals surface area contributed by atoms with Crippen molar-refractivity contribution in [1.29, 1.82) is 0 Å². The number of hydrogen-bond acceptors (Lipinski definition) is 4. The predicted octanol–water partition coefficient (Wildman–Crippen LogP) is 1.97. The van der Waals surface area contributed by atoms with Crippen LogP contribution in [0, 0.1) is 0 Å². The summed E-state index contributed by atoms with van der Waals surface area (Å²) in [5.74, 6) is -0.688. The number of thiophene rings is 1. The smallest absolute Gasteiger partial charge is 0.345 e. The van der Waals surface area contributed by atoms with Crippen molar-refractivity contribution in [1.82, 2.24) is 5.32 Å². The molecular formula is C11H9NO4S. The monoisotopic (exact) mass is 251 g/mol. The Bertz CT molecular complexity index is 529. The standard InChI is InChI=1S/C11H9NO4S/c13-10(12-6-7-2-1-5-16-7)8-3-4-9(17-8)11(14)15/h1-5H,6H2,(H,12,13)(H,14,15). The molecule has 0 aromatic carbocycles. The molecule has 0 unspecified atom stereocenters. The molecule has 0 atom stereocenters. The van der Waals surface area contributed by atoms with E-state index in [0.29, 0.717) is 10.6 Å². The molecule has 17 heavy (non-hydrogen) atoms. The normalized spacial score (nSPS) is 10.1. The lowest BCUT2D eigenvalue weighted by Gasteiger charge is -1.99. The molecule has 2 aromatic rings. The molecule has 0 bridgehead atoms. The second kappa shape index (κ2) is 4.84. The van der Waals surface area contributed by atoms with Gasteiger partial charge in [0.05, 0.1) is 17.7 Å². The number of carbonyl (C=O) groups is 2. The Labute approximate surface area is 101 Å². The van der Waals surface area contributed by atoms with Gasteiger partial charge >= 0.3 is 5.97 Å². The molecule has 2 heterocycles. The Balaban J connectivity index is 1.97. The summed E-state index contributed by atoms with van der Waals surface area (Å²) in [6.07, 6.45) is 1.52. The van der Waals surface area contributed by atoms with E-state index < -0.39 is 5.97 Å². The van der Waals surface area contributed by atoms with Gasteiger partial charge in [-0.25, -0.2) is 4.79 Å². The van der Waals surface area contributed by atoms with Crippen molar-refractivity contribution in [3.8, 4) is 0 Å². The van der Waals surface area contributed by atoms with Crippen LogP contribution >= 0.6 is 11.3 Å². The van der Waals surface area contributed by atoms with Crippen LogP contribution in [0.5, 0.6) is 0 Å². The molecule has 0 radical (unpaired) electrons. The number of nitrogens with one attached hydrogen (secondary N) is 1. The highest BCUT2D eigenvalue weighted by Crippen LogP contribution is 2.16. The highest BCUT2D eigenvalue weighted by molar-refractivity contribution is 7.15. The first-order valence-corrected chi connectivity index (χ1v) is 5.62. The van der Waals surface area contributed by atoms with Crippen LogP contribution < -0.4 is 5.32 Å². The number of aromatic carboxylic acids is 1. The van der Waals surface area contributed by atoms with E-state index in [9.17, 15) is 9.59 Å². The Morgan fingerprint density at radius 3 is 2.65 bits per heavy atom. The van der Waals surface area contributed by atoms with Gasteiger partial charge in [0.2, 0.25) is 0 Å². The first kappa shape index (κ1) is 11.4. The van der Waals surface area contributed by atoms with Gasteiger partial charge in [0, 0.05) is 0 Å². The minimum Gasteiger partial charge on any atom is -0.477 e. The highest BCUT2D eigenvalue weighted by Gasteiger charge is 2.12. The summed E-state index contributed by atoms with van der Waals surface area (Å²) in [5.41, 5.74) is 0. The summed E-state index contributed by atoms with van der Waals surface area (Å²) in [6.45, 7) is 0.284. The average Bonchev–Trinajstić information content (AvgIpc) is 2.96. The van der Waals surface area contributed by atoms with Gasteiger partial charge in [0.25, 0.3) is 5.91 Å². The third-order valence-corrected chi connectivity index (χ3v) is 3.12. The molecule has 0 aliphatic carbocycles. The topological polar surface area (TPSA) is 79.5 Å². The number of amides is 1. The number of carbonyl (C=O) groups excluding carboxylic acids is 1. The van der Waals surface area contributed by atoms with Crippen molar-refractivity contribution in [2.75, 3.05) is 0 Å². The maximum Gasteiger partial charge on any atom is 0.345 e. The van der Waals surface area contributed by atoms with Crippen molar-refractivity contribution in [2.45, 2.75) is 6.54 Å². The van der Waals surface area contributed by atoms with Crippen molar-refractivity contribution in [2.24, 2.45) is 0 Å². The van der Waals surface area contributed by atoms with Crippen LogP contribution in [-0.2, 0) is 6.54 Å². The zero-order valence-corrected chi connectivity index (χ0v) is 9.49. The second-order valence-electron chi connectivity index (χ2n) is 3.23. The Kier molecular flexibility index (Phi) is 3.24. The van der Waals surface area contributed by atoms with Crippen LogP contribution in [0.15, 0.2) is 34.9 Å². The summed E-state index contributed by atoms with van der Waals surface area (Å²) < 4.78 is 5.06. The van der Waals surface area contributed by atoms with Gasteiger partial charge in [0.15, 0.2) is 0 Å². The van der Waals surface area contributed by atoms with Gasteiger partial charge in [-0.2, -0.15) is 0 Å². The molecule has 0 saturated carbocycles. The van der Waals surface area contributed by atoms with Crippen molar-refractivity contribution < 1.29 is 19.1 Å². The van der Waals surface area contributed by atoms with E-state index >= 15 is 0 Å². The van der Waals surface area contributed by atoms with Gasteiger partial charge in [-0.05, 0) is 24.3 Å². The first-order valence-electron chi connectivity index (χ1n) is 4.80. The van der Waals surface area contributed by atoms with Crippen molar-refractivity contribution >= 4 is 23.2 Å². The molecule has 0 spiro atoms. The Hall–Kier alpha value is -2.08. The molecule has 88 valence electrons. The van der Waals surface area contributed by atoms with Crippen molar-refractivity contribution in [3.05, 3.63) is 46.0 Å². The molecule has 0 aliphatic rings. The fraction of sp³-hybridized carbons (Fsp3) is 0.0909. The summed E-state index contributed by atoms with van der Waals surface area (Å²) in [7, 11) is 0. The lowest BCUT2D eigenvalue weighted by molar-refractivity contribution is 0.0702. The quantitative estimate of drug-likeness (QED) is 0.870. The maximum absolute atomic E-state index is 11.6. The summed E-state index contributed by atoms with van der Waals surface area (Å²) in [5, 5.41) is 11.4. The van der Waals surface area contributed by atoms with E-state index in [0.717, 1.165) is 11.3 Å². The lowest BCUT2D eigenvalue weighted by Crippen LogP contribution is -2.21. The minimum absolute atomic E-state index is 0.146. The van der Waals surface area contributed by atoms with Crippen LogP contribution in [-0.4, -0.2) is 17.0 Å². The van der Waals surface area contributed by atoms with E-state index in [1.165, 1.54) is 18.4 Å². The number of carboxylic acid groups (broad SMARTS) is 1. The first-order chi connectivity index (χ1) is 8.16. The van der Waals surface area contributed by atoms with Crippen LogP contribution in [0.2, 0.25) is 0 Å². The van der Waals surface area contributed by atoms with Gasteiger partial charge in [-0.1, -0.05) is 0 Å². The predicted molar refractivity (Wildman–Crippen MR) is 61.2 cm³/mol. The second-order valence-corrected chi connectivity index (χ2v) is 4.31. The van der Waals surface area contributed by atoms with Crippen LogP contribution in [0.1, 0.15) is 25.1 Å². The van der Waals surface area contributed by atoms with E-state index in [-0.39, 0.29) is 17.3 Å². The molecule has 5 nitrogen and oxygen atoms in total. The Morgan fingerprint density at radius 2 is 2.06 bits per heavy atom. The third kappa shape index (κ3) is 2.73.